The lowest BCUT2D eigenvalue weighted by Gasteiger charge is -2.21. The fourth-order valence-corrected chi connectivity index (χ4v) is 1.90. The molecule has 0 saturated heterocycles. The van der Waals surface area contributed by atoms with Gasteiger partial charge >= 0.3 is 0 Å². The van der Waals surface area contributed by atoms with E-state index < -0.39 is 5.60 Å². The number of carbonyl (C=O) groups is 1. The van der Waals surface area contributed by atoms with Crippen LogP contribution in [0.1, 0.15) is 29.8 Å². The predicted octanol–water partition coefficient (Wildman–Crippen LogP) is 4.38. The Balaban J connectivity index is 2.17. The largest absolute Gasteiger partial charge is 0.482 e. The summed E-state index contributed by atoms with van der Waals surface area (Å²) < 4.78 is 5.64. The molecule has 4 heteroatoms. The van der Waals surface area contributed by atoms with Crippen molar-refractivity contribution in [2.75, 3.05) is 0 Å². The monoisotopic (exact) mass is 301 g/mol. The molecule has 2 aromatic rings. The molecule has 0 spiro atoms. The maximum absolute atomic E-state index is 12.3. The zero-order chi connectivity index (χ0) is 15.5. The van der Waals surface area contributed by atoms with Crippen LogP contribution in [-0.2, 0) is 0 Å². The minimum absolute atomic E-state index is 0.0652. The first kappa shape index (κ1) is 15.3. The molecule has 0 heterocycles. The third kappa shape index (κ3) is 3.92. The number of hydrogen-bond donors (Lipinski definition) is 1. The van der Waals surface area contributed by atoms with Crippen molar-refractivity contribution in [2.24, 2.45) is 0 Å². The molecule has 3 nitrogen and oxygen atoms in total. The van der Waals surface area contributed by atoms with Gasteiger partial charge in [-0.05, 0) is 62.4 Å². The van der Waals surface area contributed by atoms with E-state index in [1.165, 1.54) is 6.21 Å². The molecule has 1 N–H and O–H groups in total. The average Bonchev–Trinajstić information content (AvgIpc) is 2.48. The van der Waals surface area contributed by atoms with E-state index in [-0.39, 0.29) is 5.78 Å². The summed E-state index contributed by atoms with van der Waals surface area (Å²) in [7, 11) is 0. The standard InChI is InChI=1S/C17H16ClNO2/c1-17(2,11-19)21-15-9-5-13(6-10-15)16(20)12-3-7-14(18)8-4-12/h3-11,19H,1-2H3. The van der Waals surface area contributed by atoms with Crippen molar-refractivity contribution in [3.05, 3.63) is 64.7 Å². The first-order valence-corrected chi connectivity index (χ1v) is 6.90. The number of ketones is 1. The Hall–Kier alpha value is -2.13. The second-order valence-electron chi connectivity index (χ2n) is 5.21. The molecule has 0 aliphatic carbocycles. The third-order valence-electron chi connectivity index (χ3n) is 2.95. The molecule has 0 bridgehead atoms. The quantitative estimate of drug-likeness (QED) is 0.658. The van der Waals surface area contributed by atoms with Gasteiger partial charge < -0.3 is 10.1 Å². The molecule has 0 radical (unpaired) electrons. The molecule has 0 unspecified atom stereocenters. The summed E-state index contributed by atoms with van der Waals surface area (Å²) in [4.78, 5) is 12.3. The minimum Gasteiger partial charge on any atom is -0.482 e. The summed E-state index contributed by atoms with van der Waals surface area (Å²) in [6.45, 7) is 3.60. The van der Waals surface area contributed by atoms with E-state index in [9.17, 15) is 4.79 Å². The van der Waals surface area contributed by atoms with Gasteiger partial charge in [0.15, 0.2) is 5.78 Å². The lowest BCUT2D eigenvalue weighted by Crippen LogP contribution is -2.29. The molecule has 0 fully saturated rings. The molecule has 0 amide bonds. The molecule has 0 saturated carbocycles. The smallest absolute Gasteiger partial charge is 0.193 e. The lowest BCUT2D eigenvalue weighted by molar-refractivity contribution is 0.103. The van der Waals surface area contributed by atoms with Gasteiger partial charge in [-0.3, -0.25) is 4.79 Å². The van der Waals surface area contributed by atoms with Gasteiger partial charge in [-0.25, -0.2) is 0 Å². The maximum Gasteiger partial charge on any atom is 0.193 e. The SMILES string of the molecule is CC(C)(C=N)Oc1ccc(C(=O)c2ccc(Cl)cc2)cc1. The number of halogens is 1. The van der Waals surface area contributed by atoms with E-state index in [0.29, 0.717) is 21.9 Å². The Morgan fingerprint density at radius 3 is 2.00 bits per heavy atom. The van der Waals surface area contributed by atoms with Crippen molar-refractivity contribution in [1.29, 1.82) is 5.41 Å². The van der Waals surface area contributed by atoms with Crippen molar-refractivity contribution in [1.82, 2.24) is 0 Å². The van der Waals surface area contributed by atoms with Gasteiger partial charge in [0.05, 0.1) is 0 Å². The van der Waals surface area contributed by atoms with Crippen molar-refractivity contribution in [3.8, 4) is 5.75 Å². The molecular weight excluding hydrogens is 286 g/mol. The van der Waals surface area contributed by atoms with E-state index in [1.807, 2.05) is 0 Å². The van der Waals surface area contributed by atoms with Crippen molar-refractivity contribution in [3.63, 3.8) is 0 Å². The van der Waals surface area contributed by atoms with Crippen LogP contribution in [0.5, 0.6) is 5.75 Å². The van der Waals surface area contributed by atoms with Gasteiger partial charge in [0.2, 0.25) is 0 Å². The summed E-state index contributed by atoms with van der Waals surface area (Å²) >= 11 is 5.81. The molecule has 21 heavy (non-hydrogen) atoms. The Kier molecular flexibility index (Phi) is 4.43. The molecule has 2 rings (SSSR count). The van der Waals surface area contributed by atoms with Crippen LogP contribution in [0.15, 0.2) is 48.5 Å². The zero-order valence-electron chi connectivity index (χ0n) is 11.9. The fraction of sp³-hybridized carbons (Fsp3) is 0.176. The number of benzene rings is 2. The molecule has 0 aromatic heterocycles. The molecular formula is C17H16ClNO2. The van der Waals surface area contributed by atoms with Crippen LogP contribution < -0.4 is 4.74 Å². The molecule has 2 aromatic carbocycles. The summed E-state index contributed by atoms with van der Waals surface area (Å²) in [5.74, 6) is 0.556. The summed E-state index contributed by atoms with van der Waals surface area (Å²) in [5.41, 5.74) is 0.507. The predicted molar refractivity (Wildman–Crippen MR) is 84.8 cm³/mol. The normalized spacial score (nSPS) is 11.0. The van der Waals surface area contributed by atoms with E-state index in [1.54, 1.807) is 62.4 Å². The van der Waals surface area contributed by atoms with Gasteiger partial charge in [0.25, 0.3) is 0 Å². The number of rotatable bonds is 5. The lowest BCUT2D eigenvalue weighted by atomic mass is 10.0. The summed E-state index contributed by atoms with van der Waals surface area (Å²) in [5, 5.41) is 7.88. The molecule has 0 aliphatic heterocycles. The van der Waals surface area contributed by atoms with Gasteiger partial charge in [-0.1, -0.05) is 11.6 Å². The number of ether oxygens (including phenoxy) is 1. The minimum atomic E-state index is -0.665. The number of nitrogens with one attached hydrogen (secondary N) is 1. The van der Waals surface area contributed by atoms with Gasteiger partial charge in [-0.15, -0.1) is 0 Å². The topological polar surface area (TPSA) is 50.1 Å². The van der Waals surface area contributed by atoms with Gasteiger partial charge in [-0.2, -0.15) is 0 Å². The van der Waals surface area contributed by atoms with E-state index >= 15 is 0 Å². The van der Waals surface area contributed by atoms with E-state index in [0.717, 1.165) is 0 Å². The second kappa shape index (κ2) is 6.10. The van der Waals surface area contributed by atoms with Crippen LogP contribution in [0.4, 0.5) is 0 Å². The zero-order valence-corrected chi connectivity index (χ0v) is 12.6. The highest BCUT2D eigenvalue weighted by Crippen LogP contribution is 2.20. The Morgan fingerprint density at radius 1 is 1.05 bits per heavy atom. The first-order valence-electron chi connectivity index (χ1n) is 6.52. The Morgan fingerprint density at radius 2 is 1.52 bits per heavy atom. The van der Waals surface area contributed by atoms with Crippen molar-refractivity contribution < 1.29 is 9.53 Å². The third-order valence-corrected chi connectivity index (χ3v) is 3.20. The van der Waals surface area contributed by atoms with Crippen LogP contribution >= 0.6 is 11.6 Å². The molecule has 0 aliphatic rings. The Bertz CT molecular complexity index is 645. The number of hydrogen-bond acceptors (Lipinski definition) is 3. The van der Waals surface area contributed by atoms with Crippen LogP contribution in [0, 0.1) is 5.41 Å². The van der Waals surface area contributed by atoms with Crippen LogP contribution in [-0.4, -0.2) is 17.6 Å². The van der Waals surface area contributed by atoms with Crippen LogP contribution in [0.25, 0.3) is 0 Å². The van der Waals surface area contributed by atoms with Gasteiger partial charge in [0, 0.05) is 22.4 Å². The summed E-state index contributed by atoms with van der Waals surface area (Å²) in [6, 6.07) is 13.7. The van der Waals surface area contributed by atoms with Crippen LogP contribution in [0.2, 0.25) is 5.02 Å². The first-order chi connectivity index (χ1) is 9.91. The molecule has 108 valence electrons. The fourth-order valence-electron chi connectivity index (χ4n) is 1.78. The molecule has 0 atom stereocenters. The van der Waals surface area contributed by atoms with E-state index in [4.69, 9.17) is 21.7 Å². The van der Waals surface area contributed by atoms with E-state index in [2.05, 4.69) is 0 Å². The second-order valence-corrected chi connectivity index (χ2v) is 5.65. The summed E-state index contributed by atoms with van der Waals surface area (Å²) in [6.07, 6.45) is 1.24. The number of carbonyl (C=O) groups excluding carboxylic acids is 1. The van der Waals surface area contributed by atoms with Crippen molar-refractivity contribution >= 4 is 23.6 Å². The highest BCUT2D eigenvalue weighted by molar-refractivity contribution is 6.30. The van der Waals surface area contributed by atoms with Gasteiger partial charge in [0.1, 0.15) is 11.4 Å². The highest BCUT2D eigenvalue weighted by atomic mass is 35.5. The highest BCUT2D eigenvalue weighted by Gasteiger charge is 2.16. The average molecular weight is 302 g/mol. The Labute approximate surface area is 129 Å². The maximum atomic E-state index is 12.3. The van der Waals surface area contributed by atoms with Crippen LogP contribution in [0.3, 0.4) is 0 Å². The van der Waals surface area contributed by atoms with Crippen molar-refractivity contribution in [2.45, 2.75) is 19.4 Å².